The van der Waals surface area contributed by atoms with E-state index in [0.29, 0.717) is 12.8 Å². The zero-order valence-corrected chi connectivity index (χ0v) is 34.9. The van der Waals surface area contributed by atoms with Crippen LogP contribution in [0.15, 0.2) is 122 Å². The highest BCUT2D eigenvalue weighted by molar-refractivity contribution is 5.70. The number of rotatable bonds is 37. The molecule has 0 heterocycles. The third kappa shape index (κ3) is 42.9. The summed E-state index contributed by atoms with van der Waals surface area (Å²) in [6.45, 7) is 3.91. The Morgan fingerprint density at radius 3 is 1.18 bits per heavy atom. The van der Waals surface area contributed by atoms with Gasteiger partial charge in [0.05, 0.1) is 6.61 Å². The first-order chi connectivity index (χ1) is 27.1. The molecular weight excluding hydrogens is 681 g/mol. The molecule has 0 saturated carbocycles. The average Bonchev–Trinajstić information content (AvgIpc) is 3.19. The van der Waals surface area contributed by atoms with Crippen LogP contribution in [0.2, 0.25) is 0 Å². The molecule has 308 valence electrons. The molecule has 55 heavy (non-hydrogen) atoms. The lowest BCUT2D eigenvalue weighted by Gasteiger charge is -2.15. The second kappa shape index (κ2) is 44.7. The summed E-state index contributed by atoms with van der Waals surface area (Å²) in [6.07, 6.45) is 65.9. The van der Waals surface area contributed by atoms with Crippen molar-refractivity contribution >= 4 is 11.9 Å². The molecule has 1 N–H and O–H groups in total. The molecule has 0 radical (unpaired) electrons. The van der Waals surface area contributed by atoms with Gasteiger partial charge in [-0.25, -0.2) is 0 Å². The quantitative estimate of drug-likeness (QED) is 0.0388. The molecule has 1 unspecified atom stereocenters. The maximum Gasteiger partial charge on any atom is 0.306 e. The van der Waals surface area contributed by atoms with E-state index in [2.05, 4.69) is 135 Å². The van der Waals surface area contributed by atoms with Crippen molar-refractivity contribution in [3.63, 3.8) is 0 Å². The fraction of sp³-hybridized carbons (Fsp3) is 0.560. The van der Waals surface area contributed by atoms with Crippen molar-refractivity contribution in [2.24, 2.45) is 0 Å². The van der Waals surface area contributed by atoms with E-state index in [1.807, 2.05) is 0 Å². The third-order valence-corrected chi connectivity index (χ3v) is 8.52. The Morgan fingerprint density at radius 1 is 0.436 bits per heavy atom. The van der Waals surface area contributed by atoms with E-state index in [1.54, 1.807) is 0 Å². The van der Waals surface area contributed by atoms with E-state index >= 15 is 0 Å². The number of ether oxygens (including phenoxy) is 2. The van der Waals surface area contributed by atoms with Crippen molar-refractivity contribution in [3.8, 4) is 0 Å². The highest BCUT2D eigenvalue weighted by Crippen LogP contribution is 2.10. The summed E-state index contributed by atoms with van der Waals surface area (Å²) < 4.78 is 10.5. The van der Waals surface area contributed by atoms with Crippen molar-refractivity contribution in [2.45, 2.75) is 168 Å². The van der Waals surface area contributed by atoms with Crippen LogP contribution in [0, 0.1) is 0 Å². The number of carbonyl (C=O) groups excluding carboxylic acids is 2. The van der Waals surface area contributed by atoms with Crippen molar-refractivity contribution < 1.29 is 24.2 Å². The summed E-state index contributed by atoms with van der Waals surface area (Å²) in [5.74, 6) is -0.642. The first-order valence-corrected chi connectivity index (χ1v) is 21.6. The van der Waals surface area contributed by atoms with Crippen LogP contribution in [-0.2, 0) is 19.1 Å². The molecular formula is C50H78O5. The number of aliphatic hydroxyl groups excluding tert-OH is 1. The Kier molecular flexibility index (Phi) is 41.7. The van der Waals surface area contributed by atoms with Crippen LogP contribution in [0.5, 0.6) is 0 Å². The van der Waals surface area contributed by atoms with Crippen LogP contribution in [-0.4, -0.2) is 36.4 Å². The summed E-state index contributed by atoms with van der Waals surface area (Å²) >= 11 is 0. The first kappa shape index (κ1) is 51.3. The van der Waals surface area contributed by atoms with Gasteiger partial charge in [-0.2, -0.15) is 0 Å². The van der Waals surface area contributed by atoms with Gasteiger partial charge in [-0.3, -0.25) is 9.59 Å². The lowest BCUT2D eigenvalue weighted by molar-refractivity contribution is -0.161. The molecule has 0 aromatic rings. The largest absolute Gasteiger partial charge is 0.462 e. The number of esters is 2. The summed E-state index contributed by atoms with van der Waals surface area (Å²) in [5.41, 5.74) is 0. The minimum absolute atomic E-state index is 0.0838. The second-order valence-electron chi connectivity index (χ2n) is 13.7. The van der Waals surface area contributed by atoms with E-state index in [4.69, 9.17) is 9.47 Å². The second-order valence-corrected chi connectivity index (χ2v) is 13.7. The number of hydrogen-bond acceptors (Lipinski definition) is 5. The maximum atomic E-state index is 12.1. The predicted molar refractivity (Wildman–Crippen MR) is 237 cm³/mol. The van der Waals surface area contributed by atoms with Crippen LogP contribution in [0.25, 0.3) is 0 Å². The molecule has 0 aliphatic carbocycles. The minimum Gasteiger partial charge on any atom is -0.462 e. The zero-order valence-electron chi connectivity index (χ0n) is 34.9. The standard InChI is InChI=1S/C50H78O5/c1-3-5-7-9-11-12-13-14-15-16-17-18-19-20-21-22-23-24-25-26-27-28-29-30-31-32-33-34-35-36-37-38-39-41-43-45-50(53)55-48(46-51)47-54-49(52)44-42-40-10-8-6-4-2/h5,7,11-12,14-15,17-18,20-21,23-24,26-27,29-30,32-33,35-36,48,51H,3-4,6,8-10,13,16,19,22,25,28,31,34,37-47H2,1-2H3/b7-5-,12-11-,15-14-,18-17-,21-20-,24-23-,27-26-,30-29-,33-32-,36-35-. The summed E-state index contributed by atoms with van der Waals surface area (Å²) in [6, 6.07) is 0. The van der Waals surface area contributed by atoms with Gasteiger partial charge >= 0.3 is 11.9 Å². The molecule has 0 bridgehead atoms. The Labute approximate surface area is 337 Å². The van der Waals surface area contributed by atoms with Crippen molar-refractivity contribution in [1.82, 2.24) is 0 Å². The molecule has 0 aromatic carbocycles. The van der Waals surface area contributed by atoms with Gasteiger partial charge in [0, 0.05) is 12.8 Å². The molecule has 0 spiro atoms. The number of carbonyl (C=O) groups is 2. The zero-order chi connectivity index (χ0) is 40.0. The van der Waals surface area contributed by atoms with Crippen LogP contribution in [0.4, 0.5) is 0 Å². The fourth-order valence-corrected chi connectivity index (χ4v) is 5.29. The fourth-order valence-electron chi connectivity index (χ4n) is 5.29. The minimum atomic E-state index is -0.788. The summed E-state index contributed by atoms with van der Waals surface area (Å²) in [7, 11) is 0. The lowest BCUT2D eigenvalue weighted by atomic mass is 10.1. The van der Waals surface area contributed by atoms with Gasteiger partial charge in [-0.15, -0.1) is 0 Å². The molecule has 0 aliphatic rings. The SMILES string of the molecule is CC/C=C\C/C=C\C/C=C\C/C=C\C/C=C\C/C=C\C/C=C\C/C=C\C/C=C\C/C=C\CCCCCCC(=O)OC(CO)COC(=O)CCCCCCCC. The Bertz CT molecular complexity index is 1180. The number of allylic oxidation sites excluding steroid dienone is 20. The van der Waals surface area contributed by atoms with Crippen LogP contribution in [0.3, 0.4) is 0 Å². The monoisotopic (exact) mass is 759 g/mol. The van der Waals surface area contributed by atoms with Crippen LogP contribution < -0.4 is 0 Å². The van der Waals surface area contributed by atoms with E-state index in [-0.39, 0.29) is 25.2 Å². The maximum absolute atomic E-state index is 12.1. The molecule has 0 saturated heterocycles. The van der Waals surface area contributed by atoms with Crippen LogP contribution >= 0.6 is 0 Å². The lowest BCUT2D eigenvalue weighted by Crippen LogP contribution is -2.28. The third-order valence-electron chi connectivity index (χ3n) is 8.52. The molecule has 0 aromatic heterocycles. The van der Waals surface area contributed by atoms with Crippen LogP contribution in [0.1, 0.15) is 162 Å². The predicted octanol–water partition coefficient (Wildman–Crippen LogP) is 14.0. The molecule has 5 nitrogen and oxygen atoms in total. The Hall–Kier alpha value is -3.70. The van der Waals surface area contributed by atoms with Gasteiger partial charge in [-0.1, -0.05) is 180 Å². The molecule has 1 atom stereocenters. The van der Waals surface area contributed by atoms with E-state index < -0.39 is 6.10 Å². The normalized spacial score (nSPS) is 13.4. The highest BCUT2D eigenvalue weighted by Gasteiger charge is 2.16. The van der Waals surface area contributed by atoms with E-state index in [9.17, 15) is 14.7 Å². The van der Waals surface area contributed by atoms with E-state index in [0.717, 1.165) is 116 Å². The van der Waals surface area contributed by atoms with Gasteiger partial charge < -0.3 is 14.6 Å². The average molecular weight is 759 g/mol. The summed E-state index contributed by atoms with van der Waals surface area (Å²) in [5, 5.41) is 9.49. The number of aliphatic hydroxyl groups is 1. The van der Waals surface area contributed by atoms with Crippen molar-refractivity contribution in [2.75, 3.05) is 13.2 Å². The molecule has 0 amide bonds. The van der Waals surface area contributed by atoms with Gasteiger partial charge in [0.2, 0.25) is 0 Å². The summed E-state index contributed by atoms with van der Waals surface area (Å²) in [4.78, 5) is 24.0. The van der Waals surface area contributed by atoms with Gasteiger partial charge in [0.15, 0.2) is 6.10 Å². The topological polar surface area (TPSA) is 72.8 Å². The molecule has 0 aliphatic heterocycles. The van der Waals surface area contributed by atoms with Crippen molar-refractivity contribution in [3.05, 3.63) is 122 Å². The Morgan fingerprint density at radius 2 is 0.782 bits per heavy atom. The number of hydrogen-bond donors (Lipinski definition) is 1. The Balaban J connectivity index is 3.68. The molecule has 0 rings (SSSR count). The first-order valence-electron chi connectivity index (χ1n) is 21.6. The smallest absolute Gasteiger partial charge is 0.306 e. The van der Waals surface area contributed by atoms with Gasteiger partial charge in [0.25, 0.3) is 0 Å². The van der Waals surface area contributed by atoms with Crippen molar-refractivity contribution in [1.29, 1.82) is 0 Å². The van der Waals surface area contributed by atoms with Gasteiger partial charge in [-0.05, 0) is 89.9 Å². The molecule has 0 fully saturated rings. The number of unbranched alkanes of at least 4 members (excludes halogenated alkanes) is 9. The van der Waals surface area contributed by atoms with E-state index in [1.165, 1.54) is 19.3 Å². The highest BCUT2D eigenvalue weighted by atomic mass is 16.6. The van der Waals surface area contributed by atoms with Gasteiger partial charge in [0.1, 0.15) is 6.61 Å². The molecule has 5 heteroatoms.